The Bertz CT molecular complexity index is 762. The molecule has 1 fully saturated rings. The summed E-state index contributed by atoms with van der Waals surface area (Å²) in [5.74, 6) is 1.35. The fourth-order valence-corrected chi connectivity index (χ4v) is 4.38. The van der Waals surface area contributed by atoms with Crippen molar-refractivity contribution >= 4 is 28.8 Å². The van der Waals surface area contributed by atoms with E-state index in [9.17, 15) is 13.2 Å². The first kappa shape index (κ1) is 18.4. The Hall–Kier alpha value is -1.41. The molecule has 2 aromatic rings. The van der Waals surface area contributed by atoms with Gasteiger partial charge in [0, 0.05) is 30.0 Å². The maximum Gasteiger partial charge on any atom is 0.434 e. The van der Waals surface area contributed by atoms with Crippen molar-refractivity contribution in [2.75, 3.05) is 18.0 Å². The molecule has 0 saturated carbocycles. The number of aromatic nitrogens is 3. The van der Waals surface area contributed by atoms with Gasteiger partial charge >= 0.3 is 6.18 Å². The summed E-state index contributed by atoms with van der Waals surface area (Å²) in [6.07, 6.45) is -2.00. The van der Waals surface area contributed by atoms with Gasteiger partial charge in [0.1, 0.15) is 16.8 Å². The molecule has 0 aromatic carbocycles. The molecule has 0 N–H and O–H groups in total. The van der Waals surface area contributed by atoms with Crippen LogP contribution in [0.4, 0.5) is 19.0 Å². The van der Waals surface area contributed by atoms with Gasteiger partial charge in [-0.2, -0.15) is 13.2 Å². The van der Waals surface area contributed by atoms with Gasteiger partial charge in [0.05, 0.1) is 5.01 Å². The van der Waals surface area contributed by atoms with Crippen LogP contribution in [0.2, 0.25) is 5.15 Å². The highest BCUT2D eigenvalue weighted by atomic mass is 35.5. The van der Waals surface area contributed by atoms with E-state index in [-0.39, 0.29) is 5.92 Å². The van der Waals surface area contributed by atoms with Crippen LogP contribution in [-0.4, -0.2) is 28.0 Å². The zero-order chi connectivity index (χ0) is 18.2. The van der Waals surface area contributed by atoms with Crippen molar-refractivity contribution in [3.8, 4) is 0 Å². The molecule has 0 amide bonds. The van der Waals surface area contributed by atoms with E-state index >= 15 is 0 Å². The van der Waals surface area contributed by atoms with Crippen molar-refractivity contribution in [2.45, 2.75) is 45.2 Å². The first-order valence-corrected chi connectivity index (χ1v) is 9.36. The van der Waals surface area contributed by atoms with E-state index in [1.807, 2.05) is 6.92 Å². The minimum Gasteiger partial charge on any atom is -0.356 e. The van der Waals surface area contributed by atoms with E-state index in [2.05, 4.69) is 19.9 Å². The highest BCUT2D eigenvalue weighted by molar-refractivity contribution is 7.09. The molecule has 4 nitrogen and oxygen atoms in total. The molecule has 2 aromatic heterocycles. The van der Waals surface area contributed by atoms with Gasteiger partial charge in [-0.1, -0.05) is 18.5 Å². The van der Waals surface area contributed by atoms with Crippen LogP contribution < -0.4 is 4.90 Å². The van der Waals surface area contributed by atoms with Gasteiger partial charge in [0.2, 0.25) is 0 Å². The van der Waals surface area contributed by atoms with Crippen LogP contribution in [-0.2, 0) is 12.6 Å². The standard InChI is InChI=1S/C16H18ClF3N4S/c1-3-11-13(17)21-9(2)22-14(11)24-6-4-5-10(7-24)15-23-12(8-25-15)16(18,19)20/h8,10H,3-7H2,1-2H3. The number of halogens is 4. The highest BCUT2D eigenvalue weighted by Crippen LogP contribution is 2.36. The topological polar surface area (TPSA) is 41.9 Å². The van der Waals surface area contributed by atoms with Crippen LogP contribution in [0.3, 0.4) is 0 Å². The second-order valence-corrected chi connectivity index (χ2v) is 7.32. The first-order chi connectivity index (χ1) is 11.8. The summed E-state index contributed by atoms with van der Waals surface area (Å²) in [4.78, 5) is 14.7. The summed E-state index contributed by atoms with van der Waals surface area (Å²) in [5.41, 5.74) is 0.0721. The predicted octanol–water partition coefficient (Wildman–Crippen LogP) is 4.86. The SMILES string of the molecule is CCc1c(Cl)nc(C)nc1N1CCCC(c2nc(C(F)(F)F)cs2)C1. The number of anilines is 1. The van der Waals surface area contributed by atoms with E-state index in [1.165, 1.54) is 0 Å². The normalized spacial score (nSPS) is 18.6. The molecule has 3 heterocycles. The third-order valence-corrected chi connectivity index (χ3v) is 5.60. The lowest BCUT2D eigenvalue weighted by molar-refractivity contribution is -0.140. The number of nitrogens with zero attached hydrogens (tertiary/aromatic N) is 4. The fourth-order valence-electron chi connectivity index (χ4n) is 3.09. The molecule has 136 valence electrons. The third-order valence-electron chi connectivity index (χ3n) is 4.28. The van der Waals surface area contributed by atoms with Crippen molar-refractivity contribution in [1.29, 1.82) is 0 Å². The number of hydrogen-bond acceptors (Lipinski definition) is 5. The Labute approximate surface area is 153 Å². The molecule has 0 spiro atoms. The minimum absolute atomic E-state index is 0.0337. The number of alkyl halides is 3. The number of rotatable bonds is 3. The van der Waals surface area contributed by atoms with Crippen LogP contribution in [0.25, 0.3) is 0 Å². The molecule has 9 heteroatoms. The largest absolute Gasteiger partial charge is 0.434 e. The lowest BCUT2D eigenvalue weighted by atomic mass is 9.98. The molecule has 1 atom stereocenters. The second-order valence-electron chi connectivity index (χ2n) is 6.07. The lowest BCUT2D eigenvalue weighted by Gasteiger charge is -2.34. The average molecular weight is 391 g/mol. The molecule has 1 unspecified atom stereocenters. The molecular formula is C16H18ClF3N4S. The summed E-state index contributed by atoms with van der Waals surface area (Å²) in [6, 6.07) is 0. The zero-order valence-corrected chi connectivity index (χ0v) is 15.5. The number of piperidine rings is 1. The van der Waals surface area contributed by atoms with Crippen LogP contribution in [0.15, 0.2) is 5.38 Å². The van der Waals surface area contributed by atoms with Crippen molar-refractivity contribution in [3.05, 3.63) is 32.6 Å². The molecule has 1 aliphatic heterocycles. The van der Waals surface area contributed by atoms with Crippen LogP contribution in [0.5, 0.6) is 0 Å². The monoisotopic (exact) mass is 390 g/mol. The van der Waals surface area contributed by atoms with Crippen LogP contribution in [0, 0.1) is 6.92 Å². The van der Waals surface area contributed by atoms with Crippen molar-refractivity contribution < 1.29 is 13.2 Å². The maximum absolute atomic E-state index is 12.8. The van der Waals surface area contributed by atoms with Gasteiger partial charge < -0.3 is 4.90 Å². The molecule has 0 radical (unpaired) electrons. The van der Waals surface area contributed by atoms with Gasteiger partial charge in [-0.05, 0) is 26.2 Å². The van der Waals surface area contributed by atoms with Gasteiger partial charge in [-0.3, -0.25) is 0 Å². The summed E-state index contributed by atoms with van der Waals surface area (Å²) in [6.45, 7) is 5.16. The molecular weight excluding hydrogens is 373 g/mol. The smallest absolute Gasteiger partial charge is 0.356 e. The van der Waals surface area contributed by atoms with E-state index in [0.29, 0.717) is 29.0 Å². The molecule has 25 heavy (non-hydrogen) atoms. The molecule has 1 saturated heterocycles. The third kappa shape index (κ3) is 3.89. The van der Waals surface area contributed by atoms with Crippen molar-refractivity contribution in [3.63, 3.8) is 0 Å². The fraction of sp³-hybridized carbons (Fsp3) is 0.562. The number of hydrogen-bond donors (Lipinski definition) is 0. The Balaban J connectivity index is 1.86. The first-order valence-electron chi connectivity index (χ1n) is 8.10. The van der Waals surface area contributed by atoms with Gasteiger partial charge in [0.15, 0.2) is 5.69 Å². The Morgan fingerprint density at radius 2 is 2.08 bits per heavy atom. The van der Waals surface area contributed by atoms with Gasteiger partial charge in [-0.15, -0.1) is 11.3 Å². The Morgan fingerprint density at radius 3 is 2.72 bits per heavy atom. The average Bonchev–Trinajstić information content (AvgIpc) is 3.04. The minimum atomic E-state index is -4.39. The summed E-state index contributed by atoms with van der Waals surface area (Å²) >= 11 is 7.33. The van der Waals surface area contributed by atoms with Crippen molar-refractivity contribution in [1.82, 2.24) is 15.0 Å². The highest BCUT2D eigenvalue weighted by Gasteiger charge is 2.35. The number of thiazole rings is 1. The van der Waals surface area contributed by atoms with E-state index in [1.54, 1.807) is 6.92 Å². The Morgan fingerprint density at radius 1 is 1.32 bits per heavy atom. The molecule has 3 rings (SSSR count). The van der Waals surface area contributed by atoms with E-state index in [4.69, 9.17) is 11.6 Å². The summed E-state index contributed by atoms with van der Waals surface area (Å²) in [7, 11) is 0. The van der Waals surface area contributed by atoms with Crippen LogP contribution in [0.1, 0.15) is 47.8 Å². The van der Waals surface area contributed by atoms with Crippen LogP contribution >= 0.6 is 22.9 Å². The summed E-state index contributed by atoms with van der Waals surface area (Å²) in [5, 5.41) is 2.07. The van der Waals surface area contributed by atoms with Gasteiger partial charge in [-0.25, -0.2) is 15.0 Å². The quantitative estimate of drug-likeness (QED) is 0.702. The lowest BCUT2D eigenvalue weighted by Crippen LogP contribution is -2.36. The second kappa shape index (κ2) is 7.07. The van der Waals surface area contributed by atoms with Gasteiger partial charge in [0.25, 0.3) is 0 Å². The van der Waals surface area contributed by atoms with E-state index < -0.39 is 11.9 Å². The van der Waals surface area contributed by atoms with Crippen molar-refractivity contribution in [2.24, 2.45) is 0 Å². The number of aryl methyl sites for hydroxylation is 1. The zero-order valence-electron chi connectivity index (χ0n) is 13.9. The maximum atomic E-state index is 12.8. The molecule has 0 aliphatic carbocycles. The van der Waals surface area contributed by atoms with E-state index in [0.717, 1.165) is 47.5 Å². The molecule has 1 aliphatic rings. The predicted molar refractivity (Wildman–Crippen MR) is 92.5 cm³/mol. The Kier molecular flexibility index (Phi) is 5.20. The molecule has 0 bridgehead atoms. The summed E-state index contributed by atoms with van der Waals surface area (Å²) < 4.78 is 38.4.